The Bertz CT molecular complexity index is 991. The highest BCUT2D eigenvalue weighted by Gasteiger charge is 2.24. The molecular weight excluding hydrogens is 342 g/mol. The Labute approximate surface area is 157 Å². The molecule has 0 saturated carbocycles. The van der Waals surface area contributed by atoms with Crippen LogP contribution < -0.4 is 10.1 Å². The van der Waals surface area contributed by atoms with E-state index < -0.39 is 0 Å². The second-order valence-corrected chi connectivity index (χ2v) is 6.59. The summed E-state index contributed by atoms with van der Waals surface area (Å²) in [5, 5.41) is 2.86. The van der Waals surface area contributed by atoms with Crippen molar-refractivity contribution in [1.29, 1.82) is 0 Å². The van der Waals surface area contributed by atoms with Crippen LogP contribution >= 0.6 is 0 Å². The summed E-state index contributed by atoms with van der Waals surface area (Å²) in [7, 11) is 0. The third-order valence-electron chi connectivity index (χ3n) is 4.69. The topological polar surface area (TPSA) is 68.5 Å². The van der Waals surface area contributed by atoms with Gasteiger partial charge in [-0.05, 0) is 41.8 Å². The Hall–Kier alpha value is -3.34. The zero-order valence-electron chi connectivity index (χ0n) is 14.9. The van der Waals surface area contributed by atoms with Gasteiger partial charge in [0.1, 0.15) is 18.1 Å². The highest BCUT2D eigenvalue weighted by Crippen LogP contribution is 2.34. The van der Waals surface area contributed by atoms with Crippen LogP contribution in [0.15, 0.2) is 65.5 Å². The van der Waals surface area contributed by atoms with Crippen LogP contribution in [-0.4, -0.2) is 24.3 Å². The number of hydrogen-bond acceptors (Lipinski definition) is 4. The second-order valence-electron chi connectivity index (χ2n) is 6.59. The number of hydrogen-bond donors (Lipinski definition) is 1. The van der Waals surface area contributed by atoms with Crippen molar-refractivity contribution < 1.29 is 18.7 Å². The smallest absolute Gasteiger partial charge is 0.254 e. The van der Waals surface area contributed by atoms with Crippen molar-refractivity contribution in [2.45, 2.75) is 19.4 Å². The minimum atomic E-state index is -0.181. The van der Waals surface area contributed by atoms with E-state index in [1.54, 1.807) is 13.0 Å². The van der Waals surface area contributed by atoms with Crippen LogP contribution in [-0.2, 0) is 6.42 Å². The summed E-state index contributed by atoms with van der Waals surface area (Å²) in [6.45, 7) is 1.99. The van der Waals surface area contributed by atoms with Crippen molar-refractivity contribution in [3.05, 3.63) is 77.7 Å². The molecule has 3 aromatic rings. The first-order valence-electron chi connectivity index (χ1n) is 8.82. The van der Waals surface area contributed by atoms with Gasteiger partial charge in [-0.25, -0.2) is 0 Å². The number of furan rings is 1. The van der Waals surface area contributed by atoms with Gasteiger partial charge in [-0.15, -0.1) is 0 Å². The zero-order chi connectivity index (χ0) is 18.8. The minimum absolute atomic E-state index is 0.0437. The van der Waals surface area contributed by atoms with E-state index in [2.05, 4.69) is 11.4 Å². The molecule has 136 valence electrons. The van der Waals surface area contributed by atoms with Gasteiger partial charge in [-0.1, -0.05) is 30.3 Å². The highest BCUT2D eigenvalue weighted by molar-refractivity contribution is 6.00. The van der Waals surface area contributed by atoms with Crippen LogP contribution in [0.4, 0.5) is 0 Å². The largest absolute Gasteiger partial charge is 0.488 e. The number of fused-ring (bicyclic) bond motifs is 1. The molecule has 2 aromatic carbocycles. The Morgan fingerprint density at radius 3 is 2.78 bits per heavy atom. The Kier molecular flexibility index (Phi) is 4.50. The van der Waals surface area contributed by atoms with E-state index >= 15 is 0 Å². The molecule has 0 aliphatic carbocycles. The first kappa shape index (κ1) is 17.1. The predicted octanol–water partition coefficient (Wildman–Crippen LogP) is 3.88. The first-order chi connectivity index (χ1) is 13.1. The molecule has 1 aromatic heterocycles. The normalized spacial score (nSPS) is 15.1. The molecule has 5 nitrogen and oxygen atoms in total. The molecule has 0 bridgehead atoms. The van der Waals surface area contributed by atoms with Gasteiger partial charge in [0.15, 0.2) is 5.78 Å². The molecule has 0 radical (unpaired) electrons. The third-order valence-corrected chi connectivity index (χ3v) is 4.69. The van der Waals surface area contributed by atoms with Crippen molar-refractivity contribution >= 4 is 11.7 Å². The average Bonchev–Trinajstić information content (AvgIpc) is 3.35. The van der Waals surface area contributed by atoms with Crippen LogP contribution in [0.2, 0.25) is 0 Å². The molecule has 1 unspecified atom stereocenters. The Morgan fingerprint density at radius 1 is 1.15 bits per heavy atom. The van der Waals surface area contributed by atoms with Gasteiger partial charge >= 0.3 is 0 Å². The number of carbonyl (C=O) groups is 2. The number of carbonyl (C=O) groups excluding carboxylic acids is 2. The van der Waals surface area contributed by atoms with Crippen LogP contribution in [0.5, 0.6) is 5.75 Å². The fourth-order valence-electron chi connectivity index (χ4n) is 3.35. The molecule has 1 amide bonds. The maximum absolute atomic E-state index is 12.0. The maximum Gasteiger partial charge on any atom is 0.254 e. The van der Waals surface area contributed by atoms with Gasteiger partial charge in [0.25, 0.3) is 5.91 Å². The monoisotopic (exact) mass is 361 g/mol. The van der Waals surface area contributed by atoms with E-state index in [0.29, 0.717) is 24.1 Å². The SMILES string of the molecule is CC(=O)c1ccccc1-c1ccc2c(c1)CC(CNC(=O)c1ccoc1)O2. The number of Topliss-reactive ketones (excluding diaryl/α,β-unsaturated/α-hetero) is 1. The molecule has 1 aliphatic heterocycles. The molecule has 0 fully saturated rings. The molecule has 0 spiro atoms. The van der Waals surface area contributed by atoms with Crippen molar-refractivity contribution in [2.24, 2.45) is 0 Å². The number of rotatable bonds is 5. The van der Waals surface area contributed by atoms with Gasteiger partial charge in [0, 0.05) is 12.0 Å². The Balaban J connectivity index is 1.48. The summed E-state index contributed by atoms with van der Waals surface area (Å²) < 4.78 is 10.9. The molecule has 1 N–H and O–H groups in total. The van der Waals surface area contributed by atoms with Crippen LogP contribution in [0.1, 0.15) is 33.2 Å². The summed E-state index contributed by atoms with van der Waals surface area (Å²) in [5.41, 5.74) is 4.19. The lowest BCUT2D eigenvalue weighted by Crippen LogP contribution is -2.34. The Morgan fingerprint density at radius 2 is 2.00 bits per heavy atom. The van der Waals surface area contributed by atoms with Crippen LogP contribution in [0.25, 0.3) is 11.1 Å². The van der Waals surface area contributed by atoms with E-state index in [1.165, 1.54) is 12.5 Å². The van der Waals surface area contributed by atoms with E-state index in [9.17, 15) is 9.59 Å². The average molecular weight is 361 g/mol. The van der Waals surface area contributed by atoms with E-state index in [0.717, 1.165) is 22.4 Å². The van der Waals surface area contributed by atoms with Gasteiger partial charge < -0.3 is 14.5 Å². The summed E-state index contributed by atoms with van der Waals surface area (Å²) in [4.78, 5) is 23.9. The quantitative estimate of drug-likeness (QED) is 0.700. The molecule has 4 rings (SSSR count). The van der Waals surface area contributed by atoms with Gasteiger partial charge in [-0.2, -0.15) is 0 Å². The summed E-state index contributed by atoms with van der Waals surface area (Å²) in [5.74, 6) is 0.684. The number of benzene rings is 2. The second kappa shape index (κ2) is 7.11. The number of amides is 1. The van der Waals surface area contributed by atoms with Gasteiger partial charge in [-0.3, -0.25) is 9.59 Å². The van der Waals surface area contributed by atoms with Crippen molar-refractivity contribution in [3.8, 4) is 16.9 Å². The third kappa shape index (κ3) is 3.49. The standard InChI is InChI=1S/C22H19NO4/c1-14(24)19-4-2-3-5-20(19)15-6-7-21-17(10-15)11-18(27-21)12-23-22(25)16-8-9-26-13-16/h2-10,13,18H,11-12H2,1H3,(H,23,25). The number of ketones is 1. The van der Waals surface area contributed by atoms with Gasteiger partial charge in [0.2, 0.25) is 0 Å². The molecule has 5 heteroatoms. The summed E-state index contributed by atoms with van der Waals surface area (Å²) in [6.07, 6.45) is 3.47. The summed E-state index contributed by atoms with van der Waals surface area (Å²) >= 11 is 0. The van der Waals surface area contributed by atoms with Crippen LogP contribution in [0, 0.1) is 0 Å². The fraction of sp³-hybridized carbons (Fsp3) is 0.182. The molecular formula is C22H19NO4. The van der Waals surface area contributed by atoms with E-state index in [4.69, 9.17) is 9.15 Å². The molecule has 1 atom stereocenters. The lowest BCUT2D eigenvalue weighted by atomic mass is 9.95. The van der Waals surface area contributed by atoms with Gasteiger partial charge in [0.05, 0.1) is 18.4 Å². The molecule has 0 saturated heterocycles. The maximum atomic E-state index is 12.0. The summed E-state index contributed by atoms with van der Waals surface area (Å²) in [6, 6.07) is 15.2. The van der Waals surface area contributed by atoms with Crippen molar-refractivity contribution in [1.82, 2.24) is 5.32 Å². The molecule has 1 aliphatic rings. The first-order valence-corrected chi connectivity index (χ1v) is 8.82. The predicted molar refractivity (Wildman–Crippen MR) is 101 cm³/mol. The minimum Gasteiger partial charge on any atom is -0.488 e. The number of nitrogens with one attached hydrogen (secondary N) is 1. The number of ether oxygens (including phenoxy) is 1. The molecule has 2 heterocycles. The fourth-order valence-corrected chi connectivity index (χ4v) is 3.35. The van der Waals surface area contributed by atoms with E-state index in [1.807, 2.05) is 36.4 Å². The van der Waals surface area contributed by atoms with Crippen molar-refractivity contribution in [2.75, 3.05) is 6.54 Å². The lowest BCUT2D eigenvalue weighted by molar-refractivity contribution is 0.0932. The lowest BCUT2D eigenvalue weighted by Gasteiger charge is -2.11. The van der Waals surface area contributed by atoms with Crippen molar-refractivity contribution in [3.63, 3.8) is 0 Å². The zero-order valence-corrected chi connectivity index (χ0v) is 14.9. The highest BCUT2D eigenvalue weighted by atomic mass is 16.5. The molecule has 27 heavy (non-hydrogen) atoms. The van der Waals surface area contributed by atoms with E-state index in [-0.39, 0.29) is 17.8 Å². The van der Waals surface area contributed by atoms with Crippen LogP contribution in [0.3, 0.4) is 0 Å².